The molecule has 0 amide bonds. The monoisotopic (exact) mass is 365 g/mol. The summed E-state index contributed by atoms with van der Waals surface area (Å²) in [5.74, 6) is -3.86. The van der Waals surface area contributed by atoms with Crippen LogP contribution in [0.25, 0.3) is 0 Å². The lowest BCUT2D eigenvalue weighted by atomic mass is 10.2. The standard InChI is InChI=1S/C16H11ClF3N5/c17-10-3-1-9(2-4-10)7-21-16-24-13(8-22-25-16)23-12-6-5-11(18)14(19)15(12)20/h1-6,8H,7H2,(H2,21,23,24,25). The van der Waals surface area contributed by atoms with Gasteiger partial charge in [0.05, 0.1) is 11.9 Å². The van der Waals surface area contributed by atoms with Crippen molar-refractivity contribution in [2.24, 2.45) is 0 Å². The molecule has 0 radical (unpaired) electrons. The lowest BCUT2D eigenvalue weighted by Gasteiger charge is -2.09. The molecule has 128 valence electrons. The summed E-state index contributed by atoms with van der Waals surface area (Å²) < 4.78 is 39.9. The summed E-state index contributed by atoms with van der Waals surface area (Å²) in [6.07, 6.45) is 1.23. The van der Waals surface area contributed by atoms with Crippen molar-refractivity contribution in [2.45, 2.75) is 6.54 Å². The van der Waals surface area contributed by atoms with Crippen molar-refractivity contribution in [3.05, 3.63) is 70.6 Å². The fourth-order valence-corrected chi connectivity index (χ4v) is 2.11. The maximum atomic E-state index is 13.7. The number of halogens is 4. The third-order valence-corrected chi connectivity index (χ3v) is 3.47. The highest BCUT2D eigenvalue weighted by Crippen LogP contribution is 2.22. The molecule has 5 nitrogen and oxygen atoms in total. The van der Waals surface area contributed by atoms with Crippen LogP contribution in [-0.2, 0) is 6.54 Å². The highest BCUT2D eigenvalue weighted by molar-refractivity contribution is 6.30. The van der Waals surface area contributed by atoms with Crippen LogP contribution >= 0.6 is 11.6 Å². The number of aromatic nitrogens is 3. The third kappa shape index (κ3) is 4.16. The quantitative estimate of drug-likeness (QED) is 0.660. The molecular weight excluding hydrogens is 355 g/mol. The molecule has 0 atom stereocenters. The van der Waals surface area contributed by atoms with Gasteiger partial charge in [-0.3, -0.25) is 0 Å². The van der Waals surface area contributed by atoms with Gasteiger partial charge in [-0.2, -0.15) is 10.1 Å². The van der Waals surface area contributed by atoms with E-state index in [1.807, 2.05) is 12.1 Å². The van der Waals surface area contributed by atoms with Crippen molar-refractivity contribution in [2.75, 3.05) is 10.6 Å². The number of nitrogens with one attached hydrogen (secondary N) is 2. The van der Waals surface area contributed by atoms with Gasteiger partial charge in [-0.15, -0.1) is 5.10 Å². The second-order valence-corrected chi connectivity index (χ2v) is 5.43. The van der Waals surface area contributed by atoms with Crippen LogP contribution in [0.4, 0.5) is 30.6 Å². The second-order valence-electron chi connectivity index (χ2n) is 4.99. The number of benzene rings is 2. The molecule has 0 spiro atoms. The summed E-state index contributed by atoms with van der Waals surface area (Å²) in [5, 5.41) is 13.6. The summed E-state index contributed by atoms with van der Waals surface area (Å²) in [5.41, 5.74) is 0.682. The summed E-state index contributed by atoms with van der Waals surface area (Å²) in [7, 11) is 0. The molecule has 1 heterocycles. The van der Waals surface area contributed by atoms with Crippen LogP contribution in [0.3, 0.4) is 0 Å². The van der Waals surface area contributed by atoms with E-state index in [-0.39, 0.29) is 17.5 Å². The third-order valence-electron chi connectivity index (χ3n) is 3.22. The molecule has 0 unspecified atom stereocenters. The Hall–Kier alpha value is -2.87. The van der Waals surface area contributed by atoms with Gasteiger partial charge in [0.2, 0.25) is 5.95 Å². The molecule has 0 aliphatic carbocycles. The van der Waals surface area contributed by atoms with E-state index in [0.29, 0.717) is 11.6 Å². The summed E-state index contributed by atoms with van der Waals surface area (Å²) in [6.45, 7) is 0.418. The van der Waals surface area contributed by atoms with Crippen LogP contribution in [0.15, 0.2) is 42.6 Å². The average molecular weight is 366 g/mol. The van der Waals surface area contributed by atoms with Crippen molar-refractivity contribution < 1.29 is 13.2 Å². The van der Waals surface area contributed by atoms with Crippen LogP contribution in [0.1, 0.15) is 5.56 Å². The van der Waals surface area contributed by atoms with Crippen molar-refractivity contribution in [3.63, 3.8) is 0 Å². The first-order valence-corrected chi connectivity index (χ1v) is 7.49. The van der Waals surface area contributed by atoms with Crippen molar-refractivity contribution in [1.29, 1.82) is 0 Å². The zero-order chi connectivity index (χ0) is 17.8. The first kappa shape index (κ1) is 17.0. The number of hydrogen-bond donors (Lipinski definition) is 2. The Morgan fingerprint density at radius 1 is 0.960 bits per heavy atom. The van der Waals surface area contributed by atoms with Crippen LogP contribution in [-0.4, -0.2) is 15.2 Å². The predicted molar refractivity (Wildman–Crippen MR) is 88.2 cm³/mol. The number of nitrogens with zero attached hydrogens (tertiary/aromatic N) is 3. The van der Waals surface area contributed by atoms with Crippen LogP contribution < -0.4 is 10.6 Å². The molecule has 2 aromatic carbocycles. The topological polar surface area (TPSA) is 62.7 Å². The number of anilines is 3. The van der Waals surface area contributed by atoms with Gasteiger partial charge in [0.1, 0.15) is 0 Å². The van der Waals surface area contributed by atoms with Crippen LogP contribution in [0.2, 0.25) is 5.02 Å². The summed E-state index contributed by atoms with van der Waals surface area (Å²) >= 11 is 5.82. The van der Waals surface area contributed by atoms with E-state index in [1.54, 1.807) is 12.1 Å². The largest absolute Gasteiger partial charge is 0.349 e. The van der Waals surface area contributed by atoms with Gasteiger partial charge in [0.15, 0.2) is 23.3 Å². The van der Waals surface area contributed by atoms with Gasteiger partial charge < -0.3 is 10.6 Å². The lowest BCUT2D eigenvalue weighted by Crippen LogP contribution is -2.07. The molecular formula is C16H11ClF3N5. The molecule has 0 saturated carbocycles. The first-order valence-electron chi connectivity index (χ1n) is 7.11. The average Bonchev–Trinajstić information content (AvgIpc) is 2.62. The first-order chi connectivity index (χ1) is 12.0. The fraction of sp³-hybridized carbons (Fsp3) is 0.0625. The maximum Gasteiger partial charge on any atom is 0.244 e. The predicted octanol–water partition coefficient (Wildman–Crippen LogP) is 4.30. The molecule has 0 saturated heterocycles. The Balaban J connectivity index is 1.71. The van der Waals surface area contributed by atoms with Crippen molar-refractivity contribution in [1.82, 2.24) is 15.2 Å². The van der Waals surface area contributed by atoms with Crippen LogP contribution in [0.5, 0.6) is 0 Å². The zero-order valence-electron chi connectivity index (χ0n) is 12.6. The van der Waals surface area contributed by atoms with E-state index in [0.717, 1.165) is 17.7 Å². The maximum absolute atomic E-state index is 13.7. The molecule has 25 heavy (non-hydrogen) atoms. The van der Waals surface area contributed by atoms with Gasteiger partial charge in [0.25, 0.3) is 0 Å². The van der Waals surface area contributed by atoms with E-state index >= 15 is 0 Å². The molecule has 2 N–H and O–H groups in total. The van der Waals surface area contributed by atoms with Crippen LogP contribution in [0, 0.1) is 17.5 Å². The molecule has 0 aliphatic heterocycles. The van der Waals surface area contributed by atoms with Crippen molar-refractivity contribution >= 4 is 29.1 Å². The van der Waals surface area contributed by atoms with Gasteiger partial charge >= 0.3 is 0 Å². The van der Waals surface area contributed by atoms with Gasteiger partial charge in [-0.25, -0.2) is 13.2 Å². The molecule has 9 heteroatoms. The number of hydrogen-bond acceptors (Lipinski definition) is 5. The molecule has 3 rings (SSSR count). The van der Waals surface area contributed by atoms with Gasteiger partial charge in [0, 0.05) is 11.6 Å². The Labute approximate surface area is 145 Å². The summed E-state index contributed by atoms with van der Waals surface area (Å²) in [6, 6.07) is 9.05. The van der Waals surface area contributed by atoms with Crippen molar-refractivity contribution in [3.8, 4) is 0 Å². The SMILES string of the molecule is Fc1ccc(Nc2cnnc(NCc3ccc(Cl)cc3)n2)c(F)c1F. The van der Waals surface area contributed by atoms with Gasteiger partial charge in [-0.05, 0) is 29.8 Å². The molecule has 3 aromatic rings. The Morgan fingerprint density at radius 2 is 1.72 bits per heavy atom. The van der Waals surface area contributed by atoms with E-state index in [4.69, 9.17) is 11.6 Å². The molecule has 0 bridgehead atoms. The Kier molecular flexibility index (Phi) is 4.99. The lowest BCUT2D eigenvalue weighted by molar-refractivity contribution is 0.449. The van der Waals surface area contributed by atoms with E-state index in [9.17, 15) is 13.2 Å². The fourth-order valence-electron chi connectivity index (χ4n) is 1.98. The number of rotatable bonds is 5. The Morgan fingerprint density at radius 3 is 2.48 bits per heavy atom. The molecule has 0 fully saturated rings. The normalized spacial score (nSPS) is 10.6. The highest BCUT2D eigenvalue weighted by Gasteiger charge is 2.14. The van der Waals surface area contributed by atoms with E-state index in [2.05, 4.69) is 25.8 Å². The Bertz CT molecular complexity index is 889. The van der Waals surface area contributed by atoms with E-state index in [1.165, 1.54) is 6.20 Å². The minimum Gasteiger partial charge on any atom is -0.349 e. The smallest absolute Gasteiger partial charge is 0.244 e. The zero-order valence-corrected chi connectivity index (χ0v) is 13.4. The minimum absolute atomic E-state index is 0.124. The van der Waals surface area contributed by atoms with E-state index < -0.39 is 17.5 Å². The highest BCUT2D eigenvalue weighted by atomic mass is 35.5. The van der Waals surface area contributed by atoms with Gasteiger partial charge in [-0.1, -0.05) is 23.7 Å². The second kappa shape index (κ2) is 7.35. The molecule has 0 aliphatic rings. The minimum atomic E-state index is -1.56. The molecule has 1 aromatic heterocycles. The summed E-state index contributed by atoms with van der Waals surface area (Å²) in [4.78, 5) is 4.09.